The van der Waals surface area contributed by atoms with Crippen LogP contribution in [0.5, 0.6) is 0 Å². The highest BCUT2D eigenvalue weighted by atomic mass is 79.9. The van der Waals surface area contributed by atoms with Crippen molar-refractivity contribution in [1.82, 2.24) is 10.6 Å². The summed E-state index contributed by atoms with van der Waals surface area (Å²) in [6.07, 6.45) is -1.83. The zero-order chi connectivity index (χ0) is 26.5. The lowest BCUT2D eigenvalue weighted by Crippen LogP contribution is -2.42. The number of halogens is 4. The Balaban J connectivity index is 1.43. The highest BCUT2D eigenvalue weighted by Crippen LogP contribution is 2.40. The minimum atomic E-state index is -4.57. The highest BCUT2D eigenvalue weighted by Gasteiger charge is 2.36. The van der Waals surface area contributed by atoms with E-state index in [9.17, 15) is 27.9 Å². The van der Waals surface area contributed by atoms with Gasteiger partial charge in [0.1, 0.15) is 0 Å². The number of nitrogens with one attached hydrogen (secondary N) is 3. The van der Waals surface area contributed by atoms with Crippen molar-refractivity contribution in [3.05, 3.63) is 69.7 Å². The first-order valence-corrected chi connectivity index (χ1v) is 12.5. The van der Waals surface area contributed by atoms with Gasteiger partial charge in [-0.15, -0.1) is 0 Å². The highest BCUT2D eigenvalue weighted by molar-refractivity contribution is 9.10. The summed E-state index contributed by atoms with van der Waals surface area (Å²) in [7, 11) is 0. The third kappa shape index (κ3) is 7.39. The SMILES string of the molecule is C[C@H](CC(=N)C1CCC(O)(c2cccc(Br)c2)CC1)NC(=O)CNC(=O)c1cccc(C(F)(F)F)c1. The standard InChI is InChI=1S/C26H29BrF3N3O3/c1-16(33-23(34)15-32-24(35)18-4-2-6-20(13-18)26(28,29)30)12-22(31)17-8-10-25(36,11-9-17)19-5-3-7-21(27)14-19/h2-7,13-14,16-17,31,36H,8-12,15H2,1H3,(H,32,35)(H,33,34)/t16-,17?,25?/m1/s1. The molecule has 1 aliphatic rings. The van der Waals surface area contributed by atoms with Gasteiger partial charge in [-0.1, -0.05) is 34.1 Å². The van der Waals surface area contributed by atoms with Crippen LogP contribution in [0.4, 0.5) is 13.2 Å². The summed E-state index contributed by atoms with van der Waals surface area (Å²) in [6.45, 7) is 1.36. The average Bonchev–Trinajstić information content (AvgIpc) is 2.82. The van der Waals surface area contributed by atoms with Crippen molar-refractivity contribution in [3.63, 3.8) is 0 Å². The van der Waals surface area contributed by atoms with E-state index in [2.05, 4.69) is 26.6 Å². The molecule has 0 aromatic heterocycles. The van der Waals surface area contributed by atoms with E-state index in [1.54, 1.807) is 6.92 Å². The second kappa shape index (κ2) is 11.6. The molecule has 1 aliphatic carbocycles. The second-order valence-corrected chi connectivity index (χ2v) is 10.2. The summed E-state index contributed by atoms with van der Waals surface area (Å²) < 4.78 is 39.4. The molecule has 194 valence electrons. The number of carbonyl (C=O) groups is 2. The average molecular weight is 568 g/mol. The van der Waals surface area contributed by atoms with Crippen molar-refractivity contribution in [2.24, 2.45) is 5.92 Å². The van der Waals surface area contributed by atoms with Crippen molar-refractivity contribution in [3.8, 4) is 0 Å². The maximum absolute atomic E-state index is 12.8. The van der Waals surface area contributed by atoms with Crippen molar-refractivity contribution < 1.29 is 27.9 Å². The van der Waals surface area contributed by atoms with Crippen LogP contribution < -0.4 is 10.6 Å². The summed E-state index contributed by atoms with van der Waals surface area (Å²) in [5.74, 6) is -1.27. The van der Waals surface area contributed by atoms with Gasteiger partial charge >= 0.3 is 6.18 Å². The van der Waals surface area contributed by atoms with Crippen LogP contribution in [0, 0.1) is 11.3 Å². The number of aliphatic hydroxyl groups is 1. The minimum absolute atomic E-state index is 0.0115. The molecule has 0 radical (unpaired) electrons. The first-order chi connectivity index (χ1) is 16.9. The fraction of sp³-hybridized carbons (Fsp3) is 0.423. The number of hydrogen-bond acceptors (Lipinski definition) is 4. The Morgan fingerprint density at radius 2 is 1.83 bits per heavy atom. The molecular weight excluding hydrogens is 539 g/mol. The quantitative estimate of drug-likeness (QED) is 0.330. The Kier molecular flexibility index (Phi) is 8.94. The van der Waals surface area contributed by atoms with Gasteiger partial charge in [0.25, 0.3) is 5.91 Å². The molecule has 0 bridgehead atoms. The molecule has 36 heavy (non-hydrogen) atoms. The number of amides is 2. The number of alkyl halides is 3. The monoisotopic (exact) mass is 567 g/mol. The molecule has 0 aliphatic heterocycles. The summed E-state index contributed by atoms with van der Waals surface area (Å²) in [5.41, 5.74) is -0.697. The molecule has 0 unspecified atom stereocenters. The maximum Gasteiger partial charge on any atom is 0.416 e. The van der Waals surface area contributed by atoms with Gasteiger partial charge in [-0.3, -0.25) is 9.59 Å². The molecule has 3 rings (SSSR count). The molecule has 1 saturated carbocycles. The summed E-state index contributed by atoms with van der Waals surface area (Å²) in [6, 6.07) is 11.2. The molecule has 10 heteroatoms. The van der Waals surface area contributed by atoms with Crippen LogP contribution in [0.3, 0.4) is 0 Å². The lowest BCUT2D eigenvalue weighted by molar-refractivity contribution is -0.137. The Bertz CT molecular complexity index is 1110. The topological polar surface area (TPSA) is 102 Å². The Morgan fingerprint density at radius 1 is 1.17 bits per heavy atom. The molecule has 1 fully saturated rings. The van der Waals surface area contributed by atoms with E-state index in [1.165, 1.54) is 6.07 Å². The molecule has 0 saturated heterocycles. The van der Waals surface area contributed by atoms with Crippen LogP contribution in [0.15, 0.2) is 53.0 Å². The fourth-order valence-electron chi connectivity index (χ4n) is 4.48. The Labute approximate surface area is 216 Å². The van der Waals surface area contributed by atoms with E-state index >= 15 is 0 Å². The van der Waals surface area contributed by atoms with Crippen molar-refractivity contribution >= 4 is 33.5 Å². The first kappa shape index (κ1) is 27.9. The lowest BCUT2D eigenvalue weighted by atomic mass is 9.73. The van der Waals surface area contributed by atoms with Gasteiger partial charge in [-0.25, -0.2) is 0 Å². The summed E-state index contributed by atoms with van der Waals surface area (Å²) >= 11 is 3.43. The van der Waals surface area contributed by atoms with Crippen LogP contribution >= 0.6 is 15.9 Å². The van der Waals surface area contributed by atoms with Gasteiger partial charge in [-0.2, -0.15) is 13.2 Å². The number of carbonyl (C=O) groups excluding carboxylic acids is 2. The predicted octanol–water partition coefficient (Wildman–Crippen LogP) is 5.19. The van der Waals surface area contributed by atoms with Gasteiger partial charge in [0.15, 0.2) is 0 Å². The summed E-state index contributed by atoms with van der Waals surface area (Å²) in [4.78, 5) is 24.4. The molecule has 6 nitrogen and oxygen atoms in total. The molecule has 2 amide bonds. The molecule has 4 N–H and O–H groups in total. The summed E-state index contributed by atoms with van der Waals surface area (Å²) in [5, 5.41) is 24.6. The fourth-order valence-corrected chi connectivity index (χ4v) is 4.88. The lowest BCUT2D eigenvalue weighted by Gasteiger charge is -2.37. The van der Waals surface area contributed by atoms with E-state index in [0.717, 1.165) is 28.2 Å². The third-order valence-electron chi connectivity index (χ3n) is 6.46. The number of benzene rings is 2. The van der Waals surface area contributed by atoms with Crippen molar-refractivity contribution in [1.29, 1.82) is 5.41 Å². The van der Waals surface area contributed by atoms with Crippen LogP contribution in [0.1, 0.15) is 60.5 Å². The molecule has 2 aromatic rings. The van der Waals surface area contributed by atoms with Crippen molar-refractivity contribution in [2.45, 2.75) is 56.8 Å². The van der Waals surface area contributed by atoms with Gasteiger partial charge in [0.05, 0.1) is 17.7 Å². The number of rotatable bonds is 8. The van der Waals surface area contributed by atoms with E-state index in [4.69, 9.17) is 5.41 Å². The number of hydrogen-bond donors (Lipinski definition) is 4. The van der Waals surface area contributed by atoms with Crippen LogP contribution in [-0.4, -0.2) is 35.2 Å². The normalized spacial score (nSPS) is 20.9. The van der Waals surface area contributed by atoms with Crippen LogP contribution in [-0.2, 0) is 16.6 Å². The largest absolute Gasteiger partial charge is 0.416 e. The molecule has 1 atom stereocenters. The Hall–Kier alpha value is -2.72. The zero-order valence-corrected chi connectivity index (χ0v) is 21.4. The van der Waals surface area contributed by atoms with Gasteiger partial charge in [-0.05, 0) is 74.4 Å². The van der Waals surface area contributed by atoms with E-state index in [1.807, 2.05) is 24.3 Å². The van der Waals surface area contributed by atoms with Gasteiger partial charge in [0.2, 0.25) is 5.91 Å². The minimum Gasteiger partial charge on any atom is -0.385 e. The van der Waals surface area contributed by atoms with E-state index in [0.29, 0.717) is 37.8 Å². The zero-order valence-electron chi connectivity index (χ0n) is 19.8. The predicted molar refractivity (Wildman–Crippen MR) is 134 cm³/mol. The maximum atomic E-state index is 12.8. The van der Waals surface area contributed by atoms with Gasteiger partial charge < -0.3 is 21.1 Å². The molecule has 2 aromatic carbocycles. The molecule has 0 spiro atoms. The molecular formula is C26H29BrF3N3O3. The van der Waals surface area contributed by atoms with Crippen LogP contribution in [0.25, 0.3) is 0 Å². The van der Waals surface area contributed by atoms with Crippen molar-refractivity contribution in [2.75, 3.05) is 6.54 Å². The van der Waals surface area contributed by atoms with E-state index in [-0.39, 0.29) is 17.5 Å². The van der Waals surface area contributed by atoms with E-state index < -0.39 is 35.7 Å². The molecule has 0 heterocycles. The van der Waals surface area contributed by atoms with Crippen LogP contribution in [0.2, 0.25) is 0 Å². The third-order valence-corrected chi connectivity index (χ3v) is 6.96. The first-order valence-electron chi connectivity index (χ1n) is 11.7. The van der Waals surface area contributed by atoms with Gasteiger partial charge in [0, 0.05) is 28.2 Å². The smallest absolute Gasteiger partial charge is 0.385 e. The Morgan fingerprint density at radius 3 is 2.47 bits per heavy atom. The second-order valence-electron chi connectivity index (χ2n) is 9.28.